The molecular weight excluding hydrogens is 162 g/mol. The molecule has 66 valence electrons. The number of hydrogen-bond donors (Lipinski definition) is 1. The number of nitrogens with zero attached hydrogens (tertiary/aromatic N) is 2. The summed E-state index contributed by atoms with van der Waals surface area (Å²) in [5.41, 5.74) is 8.41. The number of nitrogens with two attached hydrogens (primary N) is 1. The number of anilines is 1. The highest BCUT2D eigenvalue weighted by atomic mass is 15.3. The van der Waals surface area contributed by atoms with E-state index < -0.39 is 0 Å². The van der Waals surface area contributed by atoms with Crippen LogP contribution in [0.3, 0.4) is 0 Å². The SMILES string of the molecule is Cn1cc(N)c(-c2ccccc2)n1. The van der Waals surface area contributed by atoms with Crippen molar-refractivity contribution in [2.24, 2.45) is 7.05 Å². The van der Waals surface area contributed by atoms with Crippen LogP contribution in [0, 0.1) is 0 Å². The van der Waals surface area contributed by atoms with Gasteiger partial charge in [0.25, 0.3) is 0 Å². The van der Waals surface area contributed by atoms with E-state index in [4.69, 9.17) is 5.73 Å². The van der Waals surface area contributed by atoms with Crippen LogP contribution in [0.4, 0.5) is 5.69 Å². The maximum absolute atomic E-state index is 5.79. The Balaban J connectivity index is 2.53. The zero-order valence-electron chi connectivity index (χ0n) is 7.44. The normalized spacial score (nSPS) is 10.2. The van der Waals surface area contributed by atoms with Crippen molar-refractivity contribution in [3.8, 4) is 11.3 Å². The zero-order chi connectivity index (χ0) is 9.26. The van der Waals surface area contributed by atoms with Gasteiger partial charge in [-0.25, -0.2) is 0 Å². The minimum atomic E-state index is 0.716. The maximum atomic E-state index is 5.79. The fourth-order valence-corrected chi connectivity index (χ4v) is 1.33. The van der Waals surface area contributed by atoms with Crippen LogP contribution in [0.1, 0.15) is 0 Å². The second-order valence-electron chi connectivity index (χ2n) is 2.97. The topological polar surface area (TPSA) is 43.8 Å². The molecule has 0 spiro atoms. The van der Waals surface area contributed by atoms with Crippen molar-refractivity contribution in [1.29, 1.82) is 0 Å². The van der Waals surface area contributed by atoms with Crippen molar-refractivity contribution in [2.75, 3.05) is 5.73 Å². The van der Waals surface area contributed by atoms with Gasteiger partial charge in [0.1, 0.15) is 5.69 Å². The summed E-state index contributed by atoms with van der Waals surface area (Å²) in [7, 11) is 1.86. The van der Waals surface area contributed by atoms with Gasteiger partial charge in [0.15, 0.2) is 0 Å². The van der Waals surface area contributed by atoms with Crippen LogP contribution in [0.2, 0.25) is 0 Å². The standard InChI is InChI=1S/C10H11N3/c1-13-7-9(11)10(12-13)8-5-3-2-4-6-8/h2-7H,11H2,1H3. The van der Waals surface area contributed by atoms with Crippen molar-refractivity contribution in [3.63, 3.8) is 0 Å². The Labute approximate surface area is 76.8 Å². The smallest absolute Gasteiger partial charge is 0.115 e. The molecule has 0 radical (unpaired) electrons. The summed E-state index contributed by atoms with van der Waals surface area (Å²) in [5.74, 6) is 0. The Morgan fingerprint density at radius 1 is 1.23 bits per heavy atom. The molecule has 2 rings (SSSR count). The average Bonchev–Trinajstić information content (AvgIpc) is 2.47. The van der Waals surface area contributed by atoms with E-state index in [1.54, 1.807) is 4.68 Å². The summed E-state index contributed by atoms with van der Waals surface area (Å²) < 4.78 is 1.72. The van der Waals surface area contributed by atoms with Gasteiger partial charge >= 0.3 is 0 Å². The molecule has 2 N–H and O–H groups in total. The van der Waals surface area contributed by atoms with Crippen molar-refractivity contribution in [3.05, 3.63) is 36.5 Å². The fraction of sp³-hybridized carbons (Fsp3) is 0.100. The third-order valence-electron chi connectivity index (χ3n) is 1.90. The highest BCUT2D eigenvalue weighted by molar-refractivity contribution is 5.71. The Hall–Kier alpha value is -1.77. The number of aryl methyl sites for hydroxylation is 1. The van der Waals surface area contributed by atoms with Crippen molar-refractivity contribution < 1.29 is 0 Å². The van der Waals surface area contributed by atoms with Crippen LogP contribution in [0.15, 0.2) is 36.5 Å². The molecule has 0 saturated carbocycles. The lowest BCUT2D eigenvalue weighted by molar-refractivity contribution is 0.771. The zero-order valence-corrected chi connectivity index (χ0v) is 7.44. The summed E-state index contributed by atoms with van der Waals surface area (Å²) in [5, 5.41) is 4.27. The fourth-order valence-electron chi connectivity index (χ4n) is 1.33. The van der Waals surface area contributed by atoms with Crippen molar-refractivity contribution in [2.45, 2.75) is 0 Å². The quantitative estimate of drug-likeness (QED) is 0.712. The highest BCUT2D eigenvalue weighted by Crippen LogP contribution is 2.22. The summed E-state index contributed by atoms with van der Waals surface area (Å²) in [6.45, 7) is 0. The molecule has 0 fully saturated rings. The van der Waals surface area contributed by atoms with Gasteiger partial charge in [0.2, 0.25) is 0 Å². The number of aromatic nitrogens is 2. The van der Waals surface area contributed by atoms with Crippen LogP contribution < -0.4 is 5.73 Å². The van der Waals surface area contributed by atoms with E-state index in [-0.39, 0.29) is 0 Å². The number of nitrogen functional groups attached to an aromatic ring is 1. The molecule has 0 atom stereocenters. The van der Waals surface area contributed by atoms with Gasteiger partial charge < -0.3 is 5.73 Å². The molecule has 0 aliphatic heterocycles. The van der Waals surface area contributed by atoms with E-state index in [9.17, 15) is 0 Å². The van der Waals surface area contributed by atoms with E-state index in [1.807, 2.05) is 43.6 Å². The molecule has 1 aromatic carbocycles. The Morgan fingerprint density at radius 2 is 1.92 bits per heavy atom. The first-order valence-corrected chi connectivity index (χ1v) is 4.12. The largest absolute Gasteiger partial charge is 0.396 e. The summed E-state index contributed by atoms with van der Waals surface area (Å²) in [6, 6.07) is 9.92. The van der Waals surface area contributed by atoms with Crippen LogP contribution in [0.5, 0.6) is 0 Å². The van der Waals surface area contributed by atoms with Crippen LogP contribution in [-0.4, -0.2) is 9.78 Å². The predicted molar refractivity (Wildman–Crippen MR) is 53.1 cm³/mol. The third kappa shape index (κ3) is 1.40. The minimum absolute atomic E-state index is 0.716. The predicted octanol–water partition coefficient (Wildman–Crippen LogP) is 1.67. The van der Waals surface area contributed by atoms with E-state index in [0.717, 1.165) is 11.3 Å². The lowest BCUT2D eigenvalue weighted by atomic mass is 10.1. The number of benzene rings is 1. The molecule has 0 aliphatic rings. The van der Waals surface area contributed by atoms with Crippen molar-refractivity contribution in [1.82, 2.24) is 9.78 Å². The number of hydrogen-bond acceptors (Lipinski definition) is 2. The van der Waals surface area contributed by atoms with E-state index in [1.165, 1.54) is 0 Å². The molecule has 13 heavy (non-hydrogen) atoms. The van der Waals surface area contributed by atoms with Gasteiger partial charge in [-0.3, -0.25) is 4.68 Å². The van der Waals surface area contributed by atoms with E-state index in [2.05, 4.69) is 5.10 Å². The van der Waals surface area contributed by atoms with Gasteiger partial charge in [-0.15, -0.1) is 0 Å². The molecule has 0 amide bonds. The van der Waals surface area contributed by atoms with Gasteiger partial charge in [0.05, 0.1) is 5.69 Å². The molecule has 0 unspecified atom stereocenters. The summed E-state index contributed by atoms with van der Waals surface area (Å²) in [4.78, 5) is 0. The molecule has 1 heterocycles. The summed E-state index contributed by atoms with van der Waals surface area (Å²) >= 11 is 0. The lowest BCUT2D eigenvalue weighted by Gasteiger charge is -1.96. The molecule has 0 aliphatic carbocycles. The van der Waals surface area contributed by atoms with Crippen LogP contribution in [0.25, 0.3) is 11.3 Å². The first kappa shape index (κ1) is 7.86. The highest BCUT2D eigenvalue weighted by Gasteiger charge is 2.05. The van der Waals surface area contributed by atoms with Gasteiger partial charge in [-0.05, 0) is 0 Å². The molecule has 3 heteroatoms. The first-order valence-electron chi connectivity index (χ1n) is 4.12. The maximum Gasteiger partial charge on any atom is 0.115 e. The monoisotopic (exact) mass is 173 g/mol. The van der Waals surface area contributed by atoms with Gasteiger partial charge in [-0.2, -0.15) is 5.10 Å². The molecular formula is C10H11N3. The molecule has 1 aromatic heterocycles. The van der Waals surface area contributed by atoms with Gasteiger partial charge in [-0.1, -0.05) is 30.3 Å². The lowest BCUT2D eigenvalue weighted by Crippen LogP contribution is -1.87. The number of rotatable bonds is 1. The molecule has 0 bridgehead atoms. The molecule has 0 saturated heterocycles. The minimum Gasteiger partial charge on any atom is -0.396 e. The van der Waals surface area contributed by atoms with Crippen LogP contribution >= 0.6 is 0 Å². The first-order chi connectivity index (χ1) is 6.27. The van der Waals surface area contributed by atoms with Crippen LogP contribution in [-0.2, 0) is 7.05 Å². The second kappa shape index (κ2) is 2.94. The van der Waals surface area contributed by atoms with E-state index in [0.29, 0.717) is 5.69 Å². The van der Waals surface area contributed by atoms with E-state index >= 15 is 0 Å². The average molecular weight is 173 g/mol. The molecule has 2 aromatic rings. The Morgan fingerprint density at radius 3 is 2.46 bits per heavy atom. The molecule has 3 nitrogen and oxygen atoms in total. The summed E-state index contributed by atoms with van der Waals surface area (Å²) in [6.07, 6.45) is 1.81. The second-order valence-corrected chi connectivity index (χ2v) is 2.97. The Bertz CT molecular complexity index is 403. The van der Waals surface area contributed by atoms with Gasteiger partial charge in [0, 0.05) is 18.8 Å². The third-order valence-corrected chi connectivity index (χ3v) is 1.90. The Kier molecular flexibility index (Phi) is 1.77. The van der Waals surface area contributed by atoms with Crippen molar-refractivity contribution >= 4 is 5.69 Å².